The van der Waals surface area contributed by atoms with Crippen molar-refractivity contribution in [3.63, 3.8) is 0 Å². The minimum absolute atomic E-state index is 0.287. The minimum Gasteiger partial charge on any atom is -0.382 e. The highest BCUT2D eigenvalue weighted by Crippen LogP contribution is 2.26. The number of aromatic nitrogens is 2. The van der Waals surface area contributed by atoms with Crippen LogP contribution in [0.15, 0.2) is 6.20 Å². The lowest BCUT2D eigenvalue weighted by molar-refractivity contribution is 1.18. The zero-order valence-electron chi connectivity index (χ0n) is 8.52. The quantitative estimate of drug-likeness (QED) is 0.870. The summed E-state index contributed by atoms with van der Waals surface area (Å²) in [5.41, 5.74) is 5.97. The van der Waals surface area contributed by atoms with Crippen LogP contribution in [0, 0.1) is 18.3 Å². The Balaban J connectivity index is 2.08. The molecule has 7 heteroatoms. The van der Waals surface area contributed by atoms with Crippen LogP contribution in [0.4, 0.5) is 10.8 Å². The molecule has 0 atom stereocenters. The van der Waals surface area contributed by atoms with Gasteiger partial charge in [-0.1, -0.05) is 0 Å². The second-order valence-corrected chi connectivity index (χ2v) is 5.18. The average Bonchev–Trinajstić information content (AvgIpc) is 2.82. The van der Waals surface area contributed by atoms with E-state index < -0.39 is 0 Å². The van der Waals surface area contributed by atoms with Crippen molar-refractivity contribution < 1.29 is 0 Å². The van der Waals surface area contributed by atoms with Crippen LogP contribution in [0.3, 0.4) is 0 Å². The molecule has 2 rings (SSSR count). The summed E-state index contributed by atoms with van der Waals surface area (Å²) in [6.45, 7) is 2.60. The van der Waals surface area contributed by atoms with Crippen molar-refractivity contribution in [3.8, 4) is 6.07 Å². The van der Waals surface area contributed by atoms with Crippen LogP contribution in [0.2, 0.25) is 0 Å². The number of aryl methyl sites for hydroxylation is 1. The summed E-state index contributed by atoms with van der Waals surface area (Å²) in [7, 11) is 0. The number of nitrogens with one attached hydrogen (secondary N) is 1. The zero-order valence-corrected chi connectivity index (χ0v) is 10.2. The van der Waals surface area contributed by atoms with Crippen LogP contribution < -0.4 is 11.1 Å². The summed E-state index contributed by atoms with van der Waals surface area (Å²) in [4.78, 5) is 5.27. The van der Waals surface area contributed by atoms with Crippen molar-refractivity contribution in [2.45, 2.75) is 13.5 Å². The number of nitriles is 1. The van der Waals surface area contributed by atoms with Crippen molar-refractivity contribution in [1.29, 1.82) is 5.26 Å². The number of rotatable bonds is 3. The SMILES string of the molecule is Cc1ncc(CNc2snc(N)c2C#N)s1. The van der Waals surface area contributed by atoms with Gasteiger partial charge in [-0.05, 0) is 18.5 Å². The molecule has 2 aromatic heterocycles. The first-order chi connectivity index (χ1) is 7.70. The largest absolute Gasteiger partial charge is 0.382 e. The van der Waals surface area contributed by atoms with E-state index in [2.05, 4.69) is 14.7 Å². The fraction of sp³-hybridized carbons (Fsp3) is 0.222. The lowest BCUT2D eigenvalue weighted by atomic mass is 10.3. The maximum Gasteiger partial charge on any atom is 0.157 e. The number of nitrogens with zero attached hydrogens (tertiary/aromatic N) is 3. The van der Waals surface area contributed by atoms with Gasteiger partial charge in [-0.3, -0.25) is 0 Å². The van der Waals surface area contributed by atoms with Gasteiger partial charge in [0.25, 0.3) is 0 Å². The molecular weight excluding hydrogens is 242 g/mol. The summed E-state index contributed by atoms with van der Waals surface area (Å²) in [6.07, 6.45) is 1.82. The van der Waals surface area contributed by atoms with Crippen LogP contribution in [0.25, 0.3) is 0 Å². The predicted octanol–water partition coefficient (Wildman–Crippen LogP) is 1.97. The van der Waals surface area contributed by atoms with Crippen molar-refractivity contribution >= 4 is 33.7 Å². The van der Waals surface area contributed by atoms with E-state index in [1.807, 2.05) is 19.2 Å². The van der Waals surface area contributed by atoms with Crippen molar-refractivity contribution in [1.82, 2.24) is 9.36 Å². The number of hydrogen-bond acceptors (Lipinski definition) is 7. The van der Waals surface area contributed by atoms with E-state index in [-0.39, 0.29) is 5.82 Å². The first-order valence-electron chi connectivity index (χ1n) is 4.51. The number of anilines is 2. The number of hydrogen-bond donors (Lipinski definition) is 2. The fourth-order valence-electron chi connectivity index (χ4n) is 1.19. The van der Waals surface area contributed by atoms with Crippen molar-refractivity contribution in [3.05, 3.63) is 21.6 Å². The van der Waals surface area contributed by atoms with Gasteiger partial charge in [-0.15, -0.1) is 11.3 Å². The summed E-state index contributed by atoms with van der Waals surface area (Å²) >= 11 is 2.83. The highest BCUT2D eigenvalue weighted by atomic mass is 32.1. The van der Waals surface area contributed by atoms with Gasteiger partial charge in [0.2, 0.25) is 0 Å². The Bertz CT molecular complexity index is 536. The Hall–Kier alpha value is -1.65. The third-order valence-electron chi connectivity index (χ3n) is 1.92. The molecule has 0 amide bonds. The molecule has 5 nitrogen and oxygen atoms in total. The third-order valence-corrected chi connectivity index (χ3v) is 3.65. The van der Waals surface area contributed by atoms with E-state index in [4.69, 9.17) is 11.0 Å². The molecule has 82 valence electrons. The Labute approximate surface area is 101 Å². The molecular formula is C9H9N5S2. The van der Waals surface area contributed by atoms with Crippen molar-refractivity contribution in [2.75, 3.05) is 11.1 Å². The van der Waals surface area contributed by atoms with Crippen molar-refractivity contribution in [2.24, 2.45) is 0 Å². The molecule has 0 unspecified atom stereocenters. The van der Waals surface area contributed by atoms with E-state index in [0.717, 1.165) is 9.88 Å². The normalized spacial score (nSPS) is 10.0. The maximum atomic E-state index is 8.88. The maximum absolute atomic E-state index is 8.88. The lowest BCUT2D eigenvalue weighted by Gasteiger charge is -1.99. The Morgan fingerprint density at radius 1 is 1.62 bits per heavy atom. The Morgan fingerprint density at radius 2 is 2.44 bits per heavy atom. The fourth-order valence-corrected chi connectivity index (χ4v) is 2.58. The van der Waals surface area contributed by atoms with E-state index >= 15 is 0 Å². The van der Waals surface area contributed by atoms with Crippen LogP contribution in [0.1, 0.15) is 15.4 Å². The minimum atomic E-state index is 0.287. The molecule has 0 aliphatic rings. The standard InChI is InChI=1S/C9H9N5S2/c1-5-12-3-6(15-5)4-13-9-7(2-10)8(11)14-16-9/h3,13H,4H2,1H3,(H2,11,14). The predicted molar refractivity (Wildman–Crippen MR) is 65.4 cm³/mol. The van der Waals surface area contributed by atoms with E-state index in [1.165, 1.54) is 11.5 Å². The van der Waals surface area contributed by atoms with Gasteiger partial charge >= 0.3 is 0 Å². The number of nitrogens with two attached hydrogens (primary N) is 1. The molecule has 0 radical (unpaired) electrons. The average molecular weight is 251 g/mol. The van der Waals surface area contributed by atoms with E-state index in [9.17, 15) is 0 Å². The summed E-state index contributed by atoms with van der Waals surface area (Å²) in [5, 5.41) is 13.8. The topological polar surface area (TPSA) is 87.6 Å². The van der Waals surface area contributed by atoms with Gasteiger partial charge in [0.05, 0.1) is 11.6 Å². The Kier molecular flexibility index (Phi) is 3.03. The molecule has 0 aliphatic carbocycles. The molecule has 3 N–H and O–H groups in total. The molecule has 2 heterocycles. The second kappa shape index (κ2) is 4.47. The Morgan fingerprint density at radius 3 is 3.06 bits per heavy atom. The number of thiazole rings is 1. The molecule has 0 bridgehead atoms. The van der Waals surface area contributed by atoms with Gasteiger partial charge in [0, 0.05) is 11.1 Å². The summed E-state index contributed by atoms with van der Waals surface area (Å²) < 4.78 is 3.93. The number of nitrogen functional groups attached to an aromatic ring is 1. The molecule has 0 aliphatic heterocycles. The molecule has 0 aromatic carbocycles. The first kappa shape index (κ1) is 10.9. The molecule has 0 saturated heterocycles. The van der Waals surface area contributed by atoms with Crippen LogP contribution >= 0.6 is 22.9 Å². The zero-order chi connectivity index (χ0) is 11.5. The van der Waals surface area contributed by atoms with Crippen LogP contribution in [-0.2, 0) is 6.54 Å². The molecule has 2 aromatic rings. The van der Waals surface area contributed by atoms with E-state index in [0.29, 0.717) is 17.1 Å². The highest BCUT2D eigenvalue weighted by molar-refractivity contribution is 7.11. The first-order valence-corrected chi connectivity index (χ1v) is 6.10. The monoisotopic (exact) mass is 251 g/mol. The molecule has 0 saturated carbocycles. The summed E-state index contributed by atoms with van der Waals surface area (Å²) in [5.74, 6) is 0.287. The van der Waals surface area contributed by atoms with Crippen LogP contribution in [-0.4, -0.2) is 9.36 Å². The van der Waals surface area contributed by atoms with Gasteiger partial charge in [-0.25, -0.2) is 4.98 Å². The smallest absolute Gasteiger partial charge is 0.157 e. The van der Waals surface area contributed by atoms with Gasteiger partial charge < -0.3 is 11.1 Å². The third kappa shape index (κ3) is 2.13. The molecule has 16 heavy (non-hydrogen) atoms. The van der Waals surface area contributed by atoms with Gasteiger partial charge in [0.1, 0.15) is 16.6 Å². The molecule has 0 fully saturated rings. The van der Waals surface area contributed by atoms with E-state index in [1.54, 1.807) is 11.3 Å². The van der Waals surface area contributed by atoms with Gasteiger partial charge in [0.15, 0.2) is 5.82 Å². The second-order valence-electron chi connectivity index (χ2n) is 3.08. The lowest BCUT2D eigenvalue weighted by Crippen LogP contribution is -1.97. The summed E-state index contributed by atoms with van der Waals surface area (Å²) in [6, 6.07) is 2.03. The highest BCUT2D eigenvalue weighted by Gasteiger charge is 2.10. The van der Waals surface area contributed by atoms with Gasteiger partial charge in [-0.2, -0.15) is 9.64 Å². The van der Waals surface area contributed by atoms with Crippen LogP contribution in [0.5, 0.6) is 0 Å². The molecule has 0 spiro atoms.